The van der Waals surface area contributed by atoms with Crippen LogP contribution in [0, 0.1) is 21.7 Å². The highest BCUT2D eigenvalue weighted by Gasteiger charge is 2.53. The smallest absolute Gasteiger partial charge is 0.313 e. The summed E-state index contributed by atoms with van der Waals surface area (Å²) in [6.07, 6.45) is -7.28. The SMILES string of the molecule is CC(C)(C)C(=O)OC[C@H]1O[C@H](OC(=O)C(C)(C)C)[C@H](OC(=O)C(C)(C)C)[C@@H](OC(=O)C(C)(C)C)[C@H]1O. The number of hydrogen-bond donors (Lipinski definition) is 1. The Morgan fingerprint density at radius 3 is 1.36 bits per heavy atom. The van der Waals surface area contributed by atoms with Gasteiger partial charge in [-0.15, -0.1) is 0 Å². The number of aliphatic hydroxyl groups excluding tert-OH is 1. The van der Waals surface area contributed by atoms with Gasteiger partial charge in [0.2, 0.25) is 12.4 Å². The molecular weight excluding hydrogens is 472 g/mol. The lowest BCUT2D eigenvalue weighted by atomic mass is 9.93. The van der Waals surface area contributed by atoms with Gasteiger partial charge in [-0.25, -0.2) is 0 Å². The lowest BCUT2D eigenvalue weighted by molar-refractivity contribution is -0.303. The number of rotatable bonds is 5. The van der Waals surface area contributed by atoms with Gasteiger partial charge in [0.05, 0.1) is 21.7 Å². The minimum Gasteiger partial charge on any atom is -0.462 e. The third kappa shape index (κ3) is 8.73. The summed E-state index contributed by atoms with van der Waals surface area (Å²) in [5.41, 5.74) is -3.67. The standard InChI is InChI=1S/C26H44O10/c1-23(2,3)19(28)32-13-14-15(27)16(34-20(29)24(4,5)6)17(35-21(30)25(7,8)9)18(33-14)36-22(31)26(10,11)12/h14-18,27H,13H2,1-12H3/t14-,15+,16+,17-,18-/m1/s1. The highest BCUT2D eigenvalue weighted by molar-refractivity contribution is 5.77. The van der Waals surface area contributed by atoms with Gasteiger partial charge in [-0.3, -0.25) is 19.2 Å². The Morgan fingerprint density at radius 1 is 0.611 bits per heavy atom. The molecule has 0 aromatic carbocycles. The molecule has 1 heterocycles. The Morgan fingerprint density at radius 2 is 0.972 bits per heavy atom. The van der Waals surface area contributed by atoms with Gasteiger partial charge in [-0.2, -0.15) is 0 Å². The van der Waals surface area contributed by atoms with Crippen LogP contribution in [-0.2, 0) is 42.9 Å². The first-order valence-corrected chi connectivity index (χ1v) is 12.1. The van der Waals surface area contributed by atoms with Crippen molar-refractivity contribution >= 4 is 23.9 Å². The highest BCUT2D eigenvalue weighted by atomic mass is 16.7. The summed E-state index contributed by atoms with van der Waals surface area (Å²) in [7, 11) is 0. The topological polar surface area (TPSA) is 135 Å². The molecule has 0 aromatic heterocycles. The van der Waals surface area contributed by atoms with E-state index in [-0.39, 0.29) is 0 Å². The van der Waals surface area contributed by atoms with Gasteiger partial charge in [-0.1, -0.05) is 0 Å². The molecule has 0 amide bonds. The van der Waals surface area contributed by atoms with E-state index in [1.54, 1.807) is 83.1 Å². The molecule has 0 radical (unpaired) electrons. The lowest BCUT2D eigenvalue weighted by Crippen LogP contribution is -2.63. The monoisotopic (exact) mass is 516 g/mol. The van der Waals surface area contributed by atoms with Crippen molar-refractivity contribution in [3.05, 3.63) is 0 Å². The van der Waals surface area contributed by atoms with Gasteiger partial charge < -0.3 is 28.8 Å². The number of carbonyl (C=O) groups excluding carboxylic acids is 4. The fourth-order valence-corrected chi connectivity index (χ4v) is 2.64. The fourth-order valence-electron chi connectivity index (χ4n) is 2.64. The van der Waals surface area contributed by atoms with Crippen LogP contribution in [-0.4, -0.2) is 66.3 Å². The van der Waals surface area contributed by atoms with Crippen molar-refractivity contribution in [3.63, 3.8) is 0 Å². The average molecular weight is 517 g/mol. The maximum Gasteiger partial charge on any atom is 0.313 e. The second-order valence-electron chi connectivity index (χ2n) is 13.3. The third-order valence-electron chi connectivity index (χ3n) is 5.16. The lowest BCUT2D eigenvalue weighted by Gasteiger charge is -2.44. The second kappa shape index (κ2) is 11.0. The van der Waals surface area contributed by atoms with Crippen molar-refractivity contribution in [2.75, 3.05) is 6.61 Å². The Kier molecular flexibility index (Phi) is 9.77. The zero-order valence-corrected chi connectivity index (χ0v) is 23.7. The molecule has 1 aliphatic rings. The van der Waals surface area contributed by atoms with Crippen molar-refractivity contribution in [3.8, 4) is 0 Å². The molecule has 5 atom stereocenters. The van der Waals surface area contributed by atoms with Crippen molar-refractivity contribution < 1.29 is 48.0 Å². The molecule has 0 unspecified atom stereocenters. The Balaban J connectivity index is 3.45. The zero-order valence-electron chi connectivity index (χ0n) is 23.7. The van der Waals surface area contributed by atoms with E-state index in [0.29, 0.717) is 0 Å². The molecule has 36 heavy (non-hydrogen) atoms. The maximum atomic E-state index is 12.8. The summed E-state index contributed by atoms with van der Waals surface area (Å²) >= 11 is 0. The first-order chi connectivity index (χ1) is 16.0. The van der Waals surface area contributed by atoms with Gasteiger partial charge in [0, 0.05) is 0 Å². The average Bonchev–Trinajstić information content (AvgIpc) is 2.67. The number of hydrogen-bond acceptors (Lipinski definition) is 10. The zero-order chi connectivity index (χ0) is 28.4. The van der Waals surface area contributed by atoms with Crippen LogP contribution in [0.3, 0.4) is 0 Å². The second-order valence-corrected chi connectivity index (χ2v) is 13.3. The van der Waals surface area contributed by atoms with Crippen LogP contribution in [0.4, 0.5) is 0 Å². The van der Waals surface area contributed by atoms with Gasteiger partial charge >= 0.3 is 23.9 Å². The summed E-state index contributed by atoms with van der Waals surface area (Å²) in [5, 5.41) is 11.1. The molecule has 0 aromatic rings. The van der Waals surface area contributed by atoms with Crippen LogP contribution in [0.1, 0.15) is 83.1 Å². The summed E-state index contributed by atoms with van der Waals surface area (Å²) in [6, 6.07) is 0. The summed E-state index contributed by atoms with van der Waals surface area (Å²) in [5.74, 6) is -2.59. The molecular formula is C26H44O10. The van der Waals surface area contributed by atoms with E-state index in [4.69, 9.17) is 23.7 Å². The molecule has 1 saturated heterocycles. The number of ether oxygens (including phenoxy) is 5. The molecule has 10 nitrogen and oxygen atoms in total. The van der Waals surface area contributed by atoms with E-state index in [1.165, 1.54) is 0 Å². The van der Waals surface area contributed by atoms with Crippen LogP contribution < -0.4 is 0 Å². The minimum absolute atomic E-state index is 0.412. The van der Waals surface area contributed by atoms with Gasteiger partial charge in [-0.05, 0) is 83.1 Å². The maximum absolute atomic E-state index is 12.8. The predicted molar refractivity (Wildman–Crippen MR) is 129 cm³/mol. The van der Waals surface area contributed by atoms with Crippen LogP contribution in [0.2, 0.25) is 0 Å². The molecule has 1 rings (SSSR count). The molecule has 0 spiro atoms. The van der Waals surface area contributed by atoms with Crippen molar-refractivity contribution in [2.24, 2.45) is 21.7 Å². The third-order valence-corrected chi connectivity index (χ3v) is 5.16. The normalized spacial score (nSPS) is 25.5. The van der Waals surface area contributed by atoms with Crippen molar-refractivity contribution in [1.82, 2.24) is 0 Å². The Bertz CT molecular complexity index is 820. The molecule has 208 valence electrons. The number of aliphatic hydroxyl groups is 1. The van der Waals surface area contributed by atoms with Crippen LogP contribution in [0.25, 0.3) is 0 Å². The van der Waals surface area contributed by atoms with Gasteiger partial charge in [0.1, 0.15) is 18.8 Å². The number of esters is 4. The molecule has 1 aliphatic heterocycles. The predicted octanol–water partition coefficient (Wildman–Crippen LogP) is 3.17. The summed E-state index contributed by atoms with van der Waals surface area (Å²) in [6.45, 7) is 19.2. The van der Waals surface area contributed by atoms with E-state index in [9.17, 15) is 24.3 Å². The van der Waals surface area contributed by atoms with Crippen LogP contribution in [0.15, 0.2) is 0 Å². The molecule has 1 fully saturated rings. The Labute approximate surface area is 214 Å². The molecule has 10 heteroatoms. The van der Waals surface area contributed by atoms with E-state index in [1.807, 2.05) is 0 Å². The van der Waals surface area contributed by atoms with Gasteiger partial charge in [0.15, 0.2) is 6.10 Å². The van der Waals surface area contributed by atoms with E-state index < -0.39 is 82.8 Å². The van der Waals surface area contributed by atoms with E-state index in [2.05, 4.69) is 0 Å². The minimum atomic E-state index is -1.56. The van der Waals surface area contributed by atoms with E-state index in [0.717, 1.165) is 0 Å². The van der Waals surface area contributed by atoms with E-state index >= 15 is 0 Å². The first-order valence-electron chi connectivity index (χ1n) is 12.1. The summed E-state index contributed by atoms with van der Waals surface area (Å²) < 4.78 is 27.9. The molecule has 1 N–H and O–H groups in total. The van der Waals surface area contributed by atoms with Crippen LogP contribution >= 0.6 is 0 Å². The number of carbonyl (C=O) groups is 4. The van der Waals surface area contributed by atoms with Crippen LogP contribution in [0.5, 0.6) is 0 Å². The molecule has 0 aliphatic carbocycles. The van der Waals surface area contributed by atoms with Crippen molar-refractivity contribution in [2.45, 2.75) is 114 Å². The van der Waals surface area contributed by atoms with Gasteiger partial charge in [0.25, 0.3) is 0 Å². The summed E-state index contributed by atoms with van der Waals surface area (Å²) in [4.78, 5) is 50.6. The largest absolute Gasteiger partial charge is 0.462 e. The quantitative estimate of drug-likeness (QED) is 0.429. The fraction of sp³-hybridized carbons (Fsp3) is 0.846. The first kappa shape index (κ1) is 31.8. The van der Waals surface area contributed by atoms with Crippen molar-refractivity contribution in [1.29, 1.82) is 0 Å². The molecule has 0 saturated carbocycles. The molecule has 0 bridgehead atoms. The highest BCUT2D eigenvalue weighted by Crippen LogP contribution is 2.33. The Hall–Kier alpha value is -2.20.